The van der Waals surface area contributed by atoms with E-state index >= 15 is 4.39 Å². The molecule has 240 valence electrons. The molecule has 0 N–H and O–H groups in total. The van der Waals surface area contributed by atoms with Crippen molar-refractivity contribution in [1.29, 1.82) is 0 Å². The molecular formula is C38H39FO7. The Labute approximate surface area is 269 Å². The number of carbonyl (C=O) groups excluding carboxylic acids is 1. The van der Waals surface area contributed by atoms with Crippen LogP contribution in [0.4, 0.5) is 4.39 Å². The number of hydrogen-bond donors (Lipinski definition) is 0. The van der Waals surface area contributed by atoms with E-state index in [2.05, 4.69) is 0 Å². The van der Waals surface area contributed by atoms with E-state index in [4.69, 9.17) is 28.4 Å². The van der Waals surface area contributed by atoms with E-state index in [9.17, 15) is 4.79 Å². The van der Waals surface area contributed by atoms with Crippen LogP contribution in [0.1, 0.15) is 29.2 Å². The summed E-state index contributed by atoms with van der Waals surface area (Å²) in [6.07, 6.45) is -3.64. The van der Waals surface area contributed by atoms with E-state index in [1.54, 1.807) is 6.92 Å². The van der Waals surface area contributed by atoms with Crippen molar-refractivity contribution < 1.29 is 37.6 Å². The Hall–Kier alpha value is -4.34. The number of halogens is 1. The van der Waals surface area contributed by atoms with Crippen LogP contribution in [0.25, 0.3) is 0 Å². The molecule has 0 bridgehead atoms. The Bertz CT molecular complexity index is 1500. The number of ether oxygens (including phenoxy) is 6. The maximum Gasteiger partial charge on any atom is 0.370 e. The predicted molar refractivity (Wildman–Crippen MR) is 171 cm³/mol. The minimum Gasteiger partial charge on any atom is -0.483 e. The summed E-state index contributed by atoms with van der Waals surface area (Å²) in [6, 6.07) is 38.5. The summed E-state index contributed by atoms with van der Waals surface area (Å²) in [5.41, 5.74) is 3.67. The topological polar surface area (TPSA) is 72.5 Å². The Kier molecular flexibility index (Phi) is 12.5. The van der Waals surface area contributed by atoms with Gasteiger partial charge in [0.1, 0.15) is 18.3 Å². The molecule has 7 nitrogen and oxygen atoms in total. The van der Waals surface area contributed by atoms with Crippen molar-refractivity contribution in [2.45, 2.75) is 57.8 Å². The Morgan fingerprint density at radius 2 is 1.07 bits per heavy atom. The third-order valence-corrected chi connectivity index (χ3v) is 7.43. The minimum absolute atomic E-state index is 0.00453. The van der Waals surface area contributed by atoms with Gasteiger partial charge in [-0.1, -0.05) is 121 Å². The van der Waals surface area contributed by atoms with Gasteiger partial charge in [0.2, 0.25) is 5.83 Å². The van der Waals surface area contributed by atoms with Crippen LogP contribution in [0.5, 0.6) is 0 Å². The largest absolute Gasteiger partial charge is 0.483 e. The zero-order valence-electron chi connectivity index (χ0n) is 25.8. The number of hydrogen-bond acceptors (Lipinski definition) is 7. The number of carbonyl (C=O) groups is 1. The fourth-order valence-corrected chi connectivity index (χ4v) is 5.15. The van der Waals surface area contributed by atoms with Crippen molar-refractivity contribution in [1.82, 2.24) is 0 Å². The van der Waals surface area contributed by atoms with E-state index in [1.807, 2.05) is 121 Å². The highest BCUT2D eigenvalue weighted by Gasteiger charge is 2.49. The van der Waals surface area contributed by atoms with Gasteiger partial charge in [-0.3, -0.25) is 0 Å². The van der Waals surface area contributed by atoms with Crippen molar-refractivity contribution in [2.75, 3.05) is 13.2 Å². The summed E-state index contributed by atoms with van der Waals surface area (Å²) in [6.45, 7) is 2.48. The van der Waals surface area contributed by atoms with E-state index in [0.717, 1.165) is 22.3 Å². The molecule has 4 aromatic carbocycles. The smallest absolute Gasteiger partial charge is 0.370 e. The Balaban J connectivity index is 1.50. The zero-order valence-corrected chi connectivity index (χ0v) is 25.8. The Morgan fingerprint density at radius 3 is 1.54 bits per heavy atom. The summed E-state index contributed by atoms with van der Waals surface area (Å²) < 4.78 is 52.8. The molecule has 0 unspecified atom stereocenters. The first-order valence-electron chi connectivity index (χ1n) is 15.4. The molecule has 4 aromatic rings. The first kappa shape index (κ1) is 33.0. The number of rotatable bonds is 15. The van der Waals surface area contributed by atoms with Gasteiger partial charge in [0.25, 0.3) is 0 Å². The van der Waals surface area contributed by atoms with Crippen LogP contribution in [-0.4, -0.2) is 43.6 Å². The van der Waals surface area contributed by atoms with E-state index < -0.39 is 36.2 Å². The van der Waals surface area contributed by atoms with Crippen LogP contribution >= 0.6 is 0 Å². The fraction of sp³-hybridized carbons (Fsp3) is 0.289. The molecular weight excluding hydrogens is 587 g/mol. The summed E-state index contributed by atoms with van der Waals surface area (Å²) >= 11 is 0. The van der Waals surface area contributed by atoms with Crippen LogP contribution in [0.2, 0.25) is 0 Å². The highest BCUT2D eigenvalue weighted by molar-refractivity contribution is 5.86. The monoisotopic (exact) mass is 626 g/mol. The molecule has 1 heterocycles. The molecule has 0 aromatic heterocycles. The molecule has 0 aliphatic carbocycles. The predicted octanol–water partition coefficient (Wildman–Crippen LogP) is 7.10. The summed E-state index contributed by atoms with van der Waals surface area (Å²) in [5, 5.41) is 0. The lowest BCUT2D eigenvalue weighted by molar-refractivity contribution is -0.225. The molecule has 0 spiro atoms. The van der Waals surface area contributed by atoms with Gasteiger partial charge in [-0.15, -0.1) is 0 Å². The molecule has 1 aliphatic rings. The standard InChI is InChI=1S/C38H39FO7/c1-2-42-38(40)33(39)35-37(45-26-31-21-13-6-14-22-31)36(44-25-30-19-11-5-12-20-30)34(43-24-29-17-9-4-10-18-29)32(46-35)27-41-23-28-15-7-3-8-16-28/h3-22,32,34,36-37H,2,23-27H2,1H3/b35-33-/t32-,34-,36+,37+/m1/s1. The lowest BCUT2D eigenvalue weighted by Gasteiger charge is -2.43. The second-order valence-electron chi connectivity index (χ2n) is 10.8. The van der Waals surface area contributed by atoms with Crippen molar-refractivity contribution in [3.05, 3.63) is 155 Å². The second kappa shape index (κ2) is 17.4. The van der Waals surface area contributed by atoms with E-state index in [1.165, 1.54) is 0 Å². The van der Waals surface area contributed by atoms with Crippen molar-refractivity contribution in [2.24, 2.45) is 0 Å². The van der Waals surface area contributed by atoms with Gasteiger partial charge in [0.15, 0.2) is 11.9 Å². The van der Waals surface area contributed by atoms with Gasteiger partial charge in [0, 0.05) is 0 Å². The van der Waals surface area contributed by atoms with Gasteiger partial charge < -0.3 is 28.4 Å². The normalized spacial score (nSPS) is 20.5. The van der Waals surface area contributed by atoms with Gasteiger partial charge in [-0.25, -0.2) is 4.79 Å². The molecule has 4 atom stereocenters. The van der Waals surface area contributed by atoms with Crippen LogP contribution in [0.3, 0.4) is 0 Å². The number of benzene rings is 4. The van der Waals surface area contributed by atoms with Crippen LogP contribution in [0.15, 0.2) is 133 Å². The fourth-order valence-electron chi connectivity index (χ4n) is 5.15. The van der Waals surface area contributed by atoms with Crippen LogP contribution in [-0.2, 0) is 59.6 Å². The summed E-state index contributed by atoms with van der Waals surface area (Å²) in [4.78, 5) is 12.8. The summed E-state index contributed by atoms with van der Waals surface area (Å²) in [5.74, 6) is -2.62. The lowest BCUT2D eigenvalue weighted by atomic mass is 9.96. The van der Waals surface area contributed by atoms with Gasteiger partial charge in [-0.05, 0) is 29.2 Å². The molecule has 1 saturated heterocycles. The van der Waals surface area contributed by atoms with Crippen molar-refractivity contribution >= 4 is 5.97 Å². The maximum absolute atomic E-state index is 16.0. The van der Waals surface area contributed by atoms with Crippen LogP contribution < -0.4 is 0 Å². The third-order valence-electron chi connectivity index (χ3n) is 7.43. The molecule has 0 saturated carbocycles. The first-order valence-corrected chi connectivity index (χ1v) is 15.4. The quantitative estimate of drug-likeness (QED) is 0.103. The third kappa shape index (κ3) is 9.34. The number of esters is 1. The molecule has 5 rings (SSSR count). The van der Waals surface area contributed by atoms with Gasteiger partial charge >= 0.3 is 5.97 Å². The van der Waals surface area contributed by atoms with E-state index in [0.29, 0.717) is 6.61 Å². The average molecular weight is 627 g/mol. The zero-order chi connectivity index (χ0) is 32.0. The molecule has 1 fully saturated rings. The van der Waals surface area contributed by atoms with Crippen molar-refractivity contribution in [3.8, 4) is 0 Å². The van der Waals surface area contributed by atoms with Gasteiger partial charge in [-0.2, -0.15) is 4.39 Å². The highest BCUT2D eigenvalue weighted by atomic mass is 19.1. The molecule has 46 heavy (non-hydrogen) atoms. The molecule has 0 radical (unpaired) electrons. The van der Waals surface area contributed by atoms with Crippen molar-refractivity contribution in [3.63, 3.8) is 0 Å². The average Bonchev–Trinajstić information content (AvgIpc) is 3.11. The molecule has 0 amide bonds. The van der Waals surface area contributed by atoms with E-state index in [-0.39, 0.29) is 38.8 Å². The maximum atomic E-state index is 16.0. The molecule has 1 aliphatic heterocycles. The Morgan fingerprint density at radius 1 is 0.630 bits per heavy atom. The molecule has 8 heteroatoms. The first-order chi connectivity index (χ1) is 22.6. The van der Waals surface area contributed by atoms with Gasteiger partial charge in [0.05, 0.1) is 39.6 Å². The van der Waals surface area contributed by atoms with Crippen LogP contribution in [0, 0.1) is 0 Å². The second-order valence-corrected chi connectivity index (χ2v) is 10.8. The minimum atomic E-state index is -1.18. The highest BCUT2D eigenvalue weighted by Crippen LogP contribution is 2.35. The SMILES string of the molecule is CCOC(=O)/C(F)=C1/O[C@H](COCc2ccccc2)[C@@H](OCc2ccccc2)[C@H](OCc2ccccc2)[C@H]1OCc1ccccc1. The summed E-state index contributed by atoms with van der Waals surface area (Å²) in [7, 11) is 0. The lowest BCUT2D eigenvalue weighted by Crippen LogP contribution is -2.56.